The van der Waals surface area contributed by atoms with E-state index in [0.717, 1.165) is 5.69 Å². The molecule has 3 rings (SSSR count). The fourth-order valence-corrected chi connectivity index (χ4v) is 4.93. The van der Waals surface area contributed by atoms with Gasteiger partial charge in [0.2, 0.25) is 10.0 Å². The van der Waals surface area contributed by atoms with Crippen molar-refractivity contribution >= 4 is 39.2 Å². The molecule has 1 fully saturated rings. The fraction of sp³-hybridized carbons (Fsp3) is 0.391. The van der Waals surface area contributed by atoms with Crippen molar-refractivity contribution in [1.82, 2.24) is 9.62 Å². The lowest BCUT2D eigenvalue weighted by Crippen LogP contribution is -2.50. The second-order valence-electron chi connectivity index (χ2n) is 8.11. The minimum Gasteiger partial charge on any atom is -0.454 e. The number of nitrogens with one attached hydrogen (secondary N) is 1. The molecule has 10 heteroatoms. The smallest absolute Gasteiger partial charge is 0.324 e. The maximum Gasteiger partial charge on any atom is 0.324 e. The van der Waals surface area contributed by atoms with Gasteiger partial charge in [-0.25, -0.2) is 8.42 Å². The highest BCUT2D eigenvalue weighted by Gasteiger charge is 2.31. The lowest BCUT2D eigenvalue weighted by Gasteiger charge is -2.36. The van der Waals surface area contributed by atoms with Gasteiger partial charge in [0, 0.05) is 36.9 Å². The molecule has 1 N–H and O–H groups in total. The van der Waals surface area contributed by atoms with E-state index in [0.29, 0.717) is 31.2 Å². The molecular weight excluding hydrogens is 466 g/mol. The molecule has 2 aromatic rings. The Balaban J connectivity index is 1.53. The standard InChI is InChI=1S/C23H28ClN3O5S/c1-17(2)22(25-33(30,31)20-10-8-18(24)9-11-20)23(29)32-16-21(28)27-14-12-26(13-15-27)19-6-4-3-5-7-19/h3-11,17,22,25H,12-16H2,1-2H3/t22-/m0/s1. The summed E-state index contributed by atoms with van der Waals surface area (Å²) in [5, 5.41) is 0.400. The first-order valence-corrected chi connectivity index (χ1v) is 12.6. The van der Waals surface area contributed by atoms with Crippen LogP contribution in [0.4, 0.5) is 5.69 Å². The predicted octanol–water partition coefficient (Wildman–Crippen LogP) is 2.53. The Kier molecular flexibility index (Phi) is 8.34. The number of anilines is 1. The number of benzene rings is 2. The van der Waals surface area contributed by atoms with Crippen LogP contribution < -0.4 is 9.62 Å². The van der Waals surface area contributed by atoms with Gasteiger partial charge in [-0.2, -0.15) is 4.72 Å². The van der Waals surface area contributed by atoms with Crippen molar-refractivity contribution in [3.63, 3.8) is 0 Å². The van der Waals surface area contributed by atoms with Crippen LogP contribution in [-0.4, -0.2) is 64.0 Å². The zero-order valence-electron chi connectivity index (χ0n) is 18.6. The second-order valence-corrected chi connectivity index (χ2v) is 10.3. The summed E-state index contributed by atoms with van der Waals surface area (Å²) >= 11 is 5.81. The number of hydrogen-bond donors (Lipinski definition) is 1. The lowest BCUT2D eigenvalue weighted by atomic mass is 10.1. The average Bonchev–Trinajstić information content (AvgIpc) is 2.81. The second kappa shape index (κ2) is 11.0. The summed E-state index contributed by atoms with van der Waals surface area (Å²) in [6.07, 6.45) is 0. The molecule has 1 aliphatic heterocycles. The number of amides is 1. The molecule has 0 aliphatic carbocycles. The Morgan fingerprint density at radius 1 is 1.00 bits per heavy atom. The highest BCUT2D eigenvalue weighted by molar-refractivity contribution is 7.89. The number of carbonyl (C=O) groups is 2. The normalized spacial score (nSPS) is 15.4. The summed E-state index contributed by atoms with van der Waals surface area (Å²) in [6, 6.07) is 14.4. The zero-order chi connectivity index (χ0) is 24.0. The van der Waals surface area contributed by atoms with Crippen LogP contribution in [0, 0.1) is 5.92 Å². The Morgan fingerprint density at radius 2 is 1.61 bits per heavy atom. The van der Waals surface area contributed by atoms with E-state index in [-0.39, 0.29) is 16.7 Å². The lowest BCUT2D eigenvalue weighted by molar-refractivity contribution is -0.154. The van der Waals surface area contributed by atoms with Crippen molar-refractivity contribution in [2.24, 2.45) is 5.92 Å². The minimum absolute atomic E-state index is 0.0160. The number of esters is 1. The molecule has 178 valence electrons. The molecule has 1 amide bonds. The van der Waals surface area contributed by atoms with E-state index < -0.39 is 28.6 Å². The van der Waals surface area contributed by atoms with Gasteiger partial charge in [-0.1, -0.05) is 43.6 Å². The largest absolute Gasteiger partial charge is 0.454 e. The number of sulfonamides is 1. The van der Waals surface area contributed by atoms with Crippen molar-refractivity contribution in [3.05, 3.63) is 59.6 Å². The molecule has 33 heavy (non-hydrogen) atoms. The van der Waals surface area contributed by atoms with E-state index in [1.54, 1.807) is 18.7 Å². The van der Waals surface area contributed by atoms with Crippen LogP contribution in [-0.2, 0) is 24.3 Å². The van der Waals surface area contributed by atoms with Crippen LogP contribution >= 0.6 is 11.6 Å². The van der Waals surface area contributed by atoms with Gasteiger partial charge in [0.25, 0.3) is 5.91 Å². The Labute approximate surface area is 199 Å². The number of para-hydroxylation sites is 1. The number of carbonyl (C=O) groups excluding carboxylic acids is 2. The van der Waals surface area contributed by atoms with E-state index in [2.05, 4.69) is 9.62 Å². The topological polar surface area (TPSA) is 96.0 Å². The average molecular weight is 494 g/mol. The summed E-state index contributed by atoms with van der Waals surface area (Å²) in [7, 11) is -3.97. The monoisotopic (exact) mass is 493 g/mol. The number of piperazine rings is 1. The predicted molar refractivity (Wildman–Crippen MR) is 127 cm³/mol. The third kappa shape index (κ3) is 6.69. The van der Waals surface area contributed by atoms with Crippen molar-refractivity contribution < 1.29 is 22.7 Å². The number of ether oxygens (including phenoxy) is 1. The van der Waals surface area contributed by atoms with Gasteiger partial charge in [-0.3, -0.25) is 9.59 Å². The molecule has 2 aromatic carbocycles. The molecule has 8 nitrogen and oxygen atoms in total. The van der Waals surface area contributed by atoms with Gasteiger partial charge >= 0.3 is 5.97 Å². The van der Waals surface area contributed by atoms with Crippen LogP contribution in [0.5, 0.6) is 0 Å². The number of rotatable bonds is 8. The third-order valence-electron chi connectivity index (χ3n) is 5.42. The maximum absolute atomic E-state index is 12.7. The first kappa shape index (κ1) is 25.0. The molecule has 1 atom stereocenters. The van der Waals surface area contributed by atoms with Gasteiger partial charge in [-0.15, -0.1) is 0 Å². The summed E-state index contributed by atoms with van der Waals surface area (Å²) in [5.74, 6) is -1.48. The van der Waals surface area contributed by atoms with E-state index in [1.807, 2.05) is 30.3 Å². The minimum atomic E-state index is -3.97. The summed E-state index contributed by atoms with van der Waals surface area (Å²) in [6.45, 7) is 5.35. The molecule has 0 aromatic heterocycles. The number of halogens is 1. The van der Waals surface area contributed by atoms with Crippen molar-refractivity contribution in [1.29, 1.82) is 0 Å². The molecule has 0 radical (unpaired) electrons. The van der Waals surface area contributed by atoms with Gasteiger partial charge in [0.05, 0.1) is 4.90 Å². The van der Waals surface area contributed by atoms with Crippen LogP contribution in [0.2, 0.25) is 5.02 Å². The van der Waals surface area contributed by atoms with E-state index in [1.165, 1.54) is 24.3 Å². The summed E-state index contributed by atoms with van der Waals surface area (Å²) in [4.78, 5) is 29.0. The van der Waals surface area contributed by atoms with E-state index in [4.69, 9.17) is 16.3 Å². The van der Waals surface area contributed by atoms with Crippen LogP contribution in [0.1, 0.15) is 13.8 Å². The molecule has 0 spiro atoms. The molecule has 0 bridgehead atoms. The number of nitrogens with zero attached hydrogens (tertiary/aromatic N) is 2. The first-order valence-electron chi connectivity index (χ1n) is 10.7. The zero-order valence-corrected chi connectivity index (χ0v) is 20.2. The third-order valence-corrected chi connectivity index (χ3v) is 7.13. The Bertz CT molecular complexity index is 1050. The maximum atomic E-state index is 12.7. The van der Waals surface area contributed by atoms with Gasteiger partial charge < -0.3 is 14.5 Å². The molecular formula is C23H28ClN3O5S. The first-order chi connectivity index (χ1) is 15.7. The molecule has 1 saturated heterocycles. The van der Waals surface area contributed by atoms with Crippen LogP contribution in [0.15, 0.2) is 59.5 Å². The van der Waals surface area contributed by atoms with Crippen molar-refractivity contribution in [2.45, 2.75) is 24.8 Å². The van der Waals surface area contributed by atoms with Crippen LogP contribution in [0.3, 0.4) is 0 Å². The molecule has 0 saturated carbocycles. The van der Waals surface area contributed by atoms with Crippen molar-refractivity contribution in [2.75, 3.05) is 37.7 Å². The highest BCUT2D eigenvalue weighted by atomic mass is 35.5. The summed E-state index contributed by atoms with van der Waals surface area (Å²) in [5.41, 5.74) is 1.10. The Hall–Kier alpha value is -2.62. The fourth-order valence-electron chi connectivity index (χ4n) is 3.47. The van der Waals surface area contributed by atoms with Gasteiger partial charge in [-0.05, 0) is 42.3 Å². The highest BCUT2D eigenvalue weighted by Crippen LogP contribution is 2.17. The van der Waals surface area contributed by atoms with Crippen molar-refractivity contribution in [3.8, 4) is 0 Å². The molecule has 1 heterocycles. The SMILES string of the molecule is CC(C)[C@H](NS(=O)(=O)c1ccc(Cl)cc1)C(=O)OCC(=O)N1CCN(c2ccccc2)CC1. The van der Waals surface area contributed by atoms with Gasteiger partial charge in [0.1, 0.15) is 6.04 Å². The van der Waals surface area contributed by atoms with Gasteiger partial charge in [0.15, 0.2) is 6.61 Å². The summed E-state index contributed by atoms with van der Waals surface area (Å²) < 4.78 is 32.9. The van der Waals surface area contributed by atoms with E-state index >= 15 is 0 Å². The molecule has 1 aliphatic rings. The number of hydrogen-bond acceptors (Lipinski definition) is 6. The quantitative estimate of drug-likeness (QED) is 0.568. The van der Waals surface area contributed by atoms with E-state index in [9.17, 15) is 18.0 Å². The molecule has 0 unspecified atom stereocenters. The van der Waals surface area contributed by atoms with Crippen LogP contribution in [0.25, 0.3) is 0 Å². The Morgan fingerprint density at radius 3 is 2.18 bits per heavy atom.